The molecule has 0 aliphatic rings. The van der Waals surface area contributed by atoms with Crippen LogP contribution in [-0.2, 0) is 22.7 Å². The summed E-state index contributed by atoms with van der Waals surface area (Å²) in [6, 6.07) is 28.4. The van der Waals surface area contributed by atoms with Crippen molar-refractivity contribution in [1.82, 2.24) is 28.9 Å². The average molecular weight is 685 g/mol. The number of nitrogens with zero attached hydrogens (tertiary/aromatic N) is 6. The Hall–Kier alpha value is -6.00. The largest absolute Gasteiger partial charge is 0.494 e. The van der Waals surface area contributed by atoms with Gasteiger partial charge in [0.05, 0.1) is 35.4 Å². The number of hydrogen-bond acceptors (Lipinski definition) is 7. The van der Waals surface area contributed by atoms with Crippen molar-refractivity contribution in [3.05, 3.63) is 147 Å². The number of ether oxygens (including phenoxy) is 2. The Labute approximate surface area is 292 Å². The number of halogens is 1. The second-order valence-electron chi connectivity index (χ2n) is 11.8. The van der Waals surface area contributed by atoms with Gasteiger partial charge in [-0.3, -0.25) is 13.9 Å². The molecule has 3 heterocycles. The number of esters is 1. The van der Waals surface area contributed by atoms with Gasteiger partial charge in [0.2, 0.25) is 5.78 Å². The summed E-state index contributed by atoms with van der Waals surface area (Å²) in [5, 5.41) is 14.4. The first-order chi connectivity index (χ1) is 24.3. The third-order valence-electron chi connectivity index (χ3n) is 8.45. The van der Waals surface area contributed by atoms with Crippen molar-refractivity contribution >= 4 is 40.3 Å². The lowest BCUT2D eigenvalue weighted by atomic mass is 10.0. The van der Waals surface area contributed by atoms with Crippen LogP contribution in [0.2, 0.25) is 5.02 Å². The van der Waals surface area contributed by atoms with Crippen molar-refractivity contribution in [3.8, 4) is 22.7 Å². The molecule has 7 aromatic rings. The van der Waals surface area contributed by atoms with Crippen LogP contribution >= 0.6 is 11.6 Å². The quantitative estimate of drug-likeness (QED) is 0.109. The van der Waals surface area contributed by atoms with E-state index in [-0.39, 0.29) is 17.9 Å². The Morgan fingerprint density at radius 3 is 2.48 bits per heavy atom. The number of aryl methyl sites for hydroxylation is 2. The molecule has 0 aliphatic heterocycles. The Bertz CT molecular complexity index is 2450. The second kappa shape index (κ2) is 13.9. The van der Waals surface area contributed by atoms with Crippen molar-refractivity contribution < 1.29 is 14.3 Å². The Balaban J connectivity index is 1.19. The van der Waals surface area contributed by atoms with E-state index in [2.05, 4.69) is 36.2 Å². The van der Waals surface area contributed by atoms with Gasteiger partial charge in [0.15, 0.2) is 12.4 Å². The van der Waals surface area contributed by atoms with Crippen LogP contribution in [0, 0.1) is 13.8 Å². The number of benzene rings is 4. The number of carbonyl (C=O) groups is 1. The van der Waals surface area contributed by atoms with Gasteiger partial charge in [-0.2, -0.15) is 5.10 Å². The van der Waals surface area contributed by atoms with Crippen LogP contribution in [0.25, 0.3) is 39.7 Å². The fourth-order valence-corrected chi connectivity index (χ4v) is 6.00. The molecule has 4 aromatic carbocycles. The molecule has 0 unspecified atom stereocenters. The maximum Gasteiger partial charge on any atom is 0.331 e. The molecule has 0 saturated heterocycles. The zero-order chi connectivity index (χ0) is 34.8. The molecule has 0 fully saturated rings. The van der Waals surface area contributed by atoms with E-state index in [4.69, 9.17) is 26.2 Å². The van der Waals surface area contributed by atoms with Crippen LogP contribution in [0.15, 0.2) is 108 Å². The predicted octanol–water partition coefficient (Wildman–Crippen LogP) is 7.37. The molecule has 50 heavy (non-hydrogen) atoms. The van der Waals surface area contributed by atoms with Crippen LogP contribution in [0.1, 0.15) is 35.0 Å². The van der Waals surface area contributed by atoms with Gasteiger partial charge in [-0.05, 0) is 92.1 Å². The molecule has 0 radical (unpaired) electrons. The van der Waals surface area contributed by atoms with Crippen molar-refractivity contribution in [2.45, 2.75) is 33.9 Å². The molecule has 0 N–H and O–H groups in total. The Morgan fingerprint density at radius 2 is 1.72 bits per heavy atom. The molecular formula is C39H33ClN6O4. The van der Waals surface area contributed by atoms with E-state index in [9.17, 15) is 9.59 Å². The molecule has 0 atom stereocenters. The van der Waals surface area contributed by atoms with Gasteiger partial charge < -0.3 is 9.47 Å². The summed E-state index contributed by atoms with van der Waals surface area (Å²) >= 11 is 6.36. The van der Waals surface area contributed by atoms with Crippen LogP contribution in [0.4, 0.5) is 0 Å². The van der Waals surface area contributed by atoms with Gasteiger partial charge in [-0.15, -0.1) is 10.2 Å². The summed E-state index contributed by atoms with van der Waals surface area (Å²) in [7, 11) is 0. The summed E-state index contributed by atoms with van der Waals surface area (Å²) in [4.78, 5) is 26.9. The topological polar surface area (TPSA) is 106 Å². The molecule has 0 amide bonds. The van der Waals surface area contributed by atoms with Gasteiger partial charge in [0, 0.05) is 28.4 Å². The van der Waals surface area contributed by atoms with E-state index in [1.165, 1.54) is 16.2 Å². The molecule has 3 aromatic heterocycles. The normalized spacial score (nSPS) is 11.5. The van der Waals surface area contributed by atoms with Crippen LogP contribution in [0.5, 0.6) is 5.75 Å². The first kappa shape index (κ1) is 32.5. The van der Waals surface area contributed by atoms with Gasteiger partial charge in [0.25, 0.3) is 5.56 Å². The van der Waals surface area contributed by atoms with Gasteiger partial charge in [0.1, 0.15) is 5.75 Å². The molecular weight excluding hydrogens is 652 g/mol. The lowest BCUT2D eigenvalue weighted by molar-refractivity contribution is -0.139. The summed E-state index contributed by atoms with van der Waals surface area (Å²) in [5.41, 5.74) is 6.70. The SMILES string of the molecule is CCOc1ccc(-n2c(=O)c3ccc(Cl)cc3n3c(COC(=O)/C=C/c4cn(Cc5ccccc5)nc4-c4ccc(C)c(C)c4)nnc23)cc1. The van der Waals surface area contributed by atoms with E-state index >= 15 is 0 Å². The summed E-state index contributed by atoms with van der Waals surface area (Å²) < 4.78 is 16.3. The fourth-order valence-electron chi connectivity index (χ4n) is 5.83. The molecule has 10 nitrogen and oxygen atoms in total. The minimum Gasteiger partial charge on any atom is -0.494 e. The highest BCUT2D eigenvalue weighted by Crippen LogP contribution is 2.27. The average Bonchev–Trinajstić information content (AvgIpc) is 3.73. The highest BCUT2D eigenvalue weighted by Gasteiger charge is 2.19. The summed E-state index contributed by atoms with van der Waals surface area (Å²) in [6.45, 7) is 6.93. The van der Waals surface area contributed by atoms with Crippen molar-refractivity contribution in [2.75, 3.05) is 6.61 Å². The first-order valence-corrected chi connectivity index (χ1v) is 16.5. The zero-order valence-electron chi connectivity index (χ0n) is 27.7. The first-order valence-electron chi connectivity index (χ1n) is 16.1. The number of rotatable bonds is 10. The third-order valence-corrected chi connectivity index (χ3v) is 8.69. The second-order valence-corrected chi connectivity index (χ2v) is 12.3. The fraction of sp³-hybridized carbons (Fsp3) is 0.154. The lowest BCUT2D eigenvalue weighted by Crippen LogP contribution is -2.22. The Morgan fingerprint density at radius 1 is 0.920 bits per heavy atom. The predicted molar refractivity (Wildman–Crippen MR) is 194 cm³/mol. The lowest BCUT2D eigenvalue weighted by Gasteiger charge is -2.12. The maximum atomic E-state index is 13.7. The zero-order valence-corrected chi connectivity index (χ0v) is 28.5. The number of carbonyl (C=O) groups excluding carboxylic acids is 1. The Kier molecular flexibility index (Phi) is 9.02. The van der Waals surface area contributed by atoms with Crippen molar-refractivity contribution in [2.24, 2.45) is 0 Å². The van der Waals surface area contributed by atoms with E-state index in [0.29, 0.717) is 46.3 Å². The smallest absolute Gasteiger partial charge is 0.331 e. The molecule has 0 spiro atoms. The van der Waals surface area contributed by atoms with E-state index in [0.717, 1.165) is 27.9 Å². The molecule has 0 saturated carbocycles. The van der Waals surface area contributed by atoms with Crippen LogP contribution in [-0.4, -0.2) is 41.5 Å². The van der Waals surface area contributed by atoms with E-state index < -0.39 is 5.97 Å². The minimum absolute atomic E-state index is 0.204. The highest BCUT2D eigenvalue weighted by molar-refractivity contribution is 6.31. The van der Waals surface area contributed by atoms with Gasteiger partial charge >= 0.3 is 5.97 Å². The van der Waals surface area contributed by atoms with Crippen LogP contribution in [0.3, 0.4) is 0 Å². The maximum absolute atomic E-state index is 13.7. The third kappa shape index (κ3) is 6.53. The highest BCUT2D eigenvalue weighted by atomic mass is 35.5. The molecule has 250 valence electrons. The van der Waals surface area contributed by atoms with E-state index in [1.54, 1.807) is 52.9 Å². The molecule has 0 aliphatic carbocycles. The van der Waals surface area contributed by atoms with Gasteiger partial charge in [-0.25, -0.2) is 9.36 Å². The molecule has 0 bridgehead atoms. The number of aromatic nitrogens is 6. The van der Waals surface area contributed by atoms with Crippen LogP contribution < -0.4 is 10.3 Å². The number of fused-ring (bicyclic) bond motifs is 3. The van der Waals surface area contributed by atoms with Gasteiger partial charge in [-0.1, -0.05) is 54.1 Å². The molecule has 7 rings (SSSR count). The standard InChI is InChI=1S/C39H33ClN6O4/c1-4-49-32-16-14-31(15-17-32)45-38(48)33-18-13-30(40)21-34(33)46-35(41-42-39(45)46)24-50-36(47)19-12-29-23-44(22-27-8-6-5-7-9-27)43-37(29)28-11-10-25(2)26(3)20-28/h5-21,23H,4,22,24H2,1-3H3/b19-12+. The number of hydrogen-bond donors (Lipinski definition) is 0. The van der Waals surface area contributed by atoms with Crippen molar-refractivity contribution in [3.63, 3.8) is 0 Å². The molecule has 11 heteroatoms. The monoisotopic (exact) mass is 684 g/mol. The minimum atomic E-state index is -0.578. The summed E-state index contributed by atoms with van der Waals surface area (Å²) in [5.74, 6) is 0.671. The summed E-state index contributed by atoms with van der Waals surface area (Å²) in [6.07, 6.45) is 5.01. The van der Waals surface area contributed by atoms with Crippen molar-refractivity contribution in [1.29, 1.82) is 0 Å². The van der Waals surface area contributed by atoms with E-state index in [1.807, 2.05) is 54.2 Å².